The number of aromatic nitrogens is 3. The molecule has 0 fully saturated rings. The summed E-state index contributed by atoms with van der Waals surface area (Å²) < 4.78 is 26.1. The highest BCUT2D eigenvalue weighted by Crippen LogP contribution is 2.21. The number of nitrogens with zero attached hydrogens (tertiary/aromatic N) is 3. The molecule has 0 bridgehead atoms. The Kier molecular flexibility index (Phi) is 4.02. The van der Waals surface area contributed by atoms with Gasteiger partial charge in [-0.1, -0.05) is 13.8 Å². The number of fused-ring (bicyclic) bond motifs is 1. The van der Waals surface area contributed by atoms with Crippen molar-refractivity contribution in [3.8, 4) is 0 Å². The summed E-state index contributed by atoms with van der Waals surface area (Å²) in [5.74, 6) is -0.707. The molecule has 0 unspecified atom stereocenters. The van der Waals surface area contributed by atoms with Gasteiger partial charge in [-0.2, -0.15) is 9.37 Å². The second-order valence-corrected chi connectivity index (χ2v) is 3.10. The molecule has 2 aromatic rings. The SMILES string of the molecule is CC.Cc1cn(SF)c2nc(F)cnc12. The van der Waals surface area contributed by atoms with Gasteiger partial charge in [0.05, 0.1) is 6.20 Å². The molecule has 3 nitrogen and oxygen atoms in total. The third-order valence-electron chi connectivity index (χ3n) is 1.69. The molecular weight excluding hydrogens is 220 g/mol. The van der Waals surface area contributed by atoms with E-state index >= 15 is 0 Å². The molecule has 0 amide bonds. The van der Waals surface area contributed by atoms with E-state index < -0.39 is 5.95 Å². The topological polar surface area (TPSA) is 30.7 Å². The number of aryl methyl sites for hydroxylation is 1. The smallest absolute Gasteiger partial charge is 0.233 e. The lowest BCUT2D eigenvalue weighted by Crippen LogP contribution is -1.89. The molecule has 2 aromatic heterocycles. The average Bonchev–Trinajstić information content (AvgIpc) is 2.58. The Balaban J connectivity index is 0.000000531. The van der Waals surface area contributed by atoms with E-state index in [1.54, 1.807) is 6.92 Å². The Morgan fingerprint density at radius 1 is 1.40 bits per heavy atom. The van der Waals surface area contributed by atoms with Gasteiger partial charge in [0.15, 0.2) is 18.0 Å². The van der Waals surface area contributed by atoms with Crippen molar-refractivity contribution >= 4 is 23.5 Å². The van der Waals surface area contributed by atoms with Crippen LogP contribution in [0.1, 0.15) is 19.4 Å². The van der Waals surface area contributed by atoms with Crippen LogP contribution in [0.15, 0.2) is 12.4 Å². The van der Waals surface area contributed by atoms with E-state index in [-0.39, 0.29) is 18.0 Å². The Morgan fingerprint density at radius 3 is 2.67 bits per heavy atom. The zero-order valence-electron chi connectivity index (χ0n) is 8.66. The normalized spacial score (nSPS) is 9.93. The van der Waals surface area contributed by atoms with Gasteiger partial charge in [0.2, 0.25) is 5.95 Å². The Bertz CT molecular complexity index is 456. The van der Waals surface area contributed by atoms with Crippen molar-refractivity contribution in [2.75, 3.05) is 0 Å². The van der Waals surface area contributed by atoms with Crippen LogP contribution in [0.2, 0.25) is 0 Å². The van der Waals surface area contributed by atoms with E-state index in [1.807, 2.05) is 13.8 Å². The van der Waals surface area contributed by atoms with Crippen molar-refractivity contribution < 1.29 is 8.28 Å². The first-order valence-corrected chi connectivity index (χ1v) is 5.19. The van der Waals surface area contributed by atoms with Gasteiger partial charge in [-0.05, 0) is 12.5 Å². The van der Waals surface area contributed by atoms with E-state index in [0.29, 0.717) is 5.52 Å². The van der Waals surface area contributed by atoms with Crippen LogP contribution in [0.25, 0.3) is 11.2 Å². The number of hydrogen-bond acceptors (Lipinski definition) is 3. The zero-order chi connectivity index (χ0) is 11.4. The molecular formula is C9H11F2N3S. The molecule has 2 heterocycles. The summed E-state index contributed by atoms with van der Waals surface area (Å²) >= 11 is -0.0247. The van der Waals surface area contributed by atoms with Crippen LogP contribution in [-0.2, 0) is 0 Å². The van der Waals surface area contributed by atoms with Gasteiger partial charge >= 0.3 is 0 Å². The Labute approximate surface area is 91.0 Å². The molecule has 0 aliphatic rings. The molecule has 0 aromatic carbocycles. The predicted octanol–water partition coefficient (Wildman–Crippen LogP) is 3.29. The van der Waals surface area contributed by atoms with Crippen molar-refractivity contribution in [2.24, 2.45) is 0 Å². The molecule has 0 radical (unpaired) electrons. The molecule has 0 saturated carbocycles. The van der Waals surface area contributed by atoms with Crippen molar-refractivity contribution in [2.45, 2.75) is 20.8 Å². The maximum atomic E-state index is 12.6. The van der Waals surface area contributed by atoms with E-state index in [4.69, 9.17) is 0 Å². The minimum absolute atomic E-state index is 0.0247. The molecule has 6 heteroatoms. The lowest BCUT2D eigenvalue weighted by molar-refractivity contribution is 0.582. The first kappa shape index (κ1) is 11.9. The van der Waals surface area contributed by atoms with Gasteiger partial charge in [0.1, 0.15) is 5.52 Å². The van der Waals surface area contributed by atoms with Crippen molar-refractivity contribution in [1.82, 2.24) is 13.9 Å². The summed E-state index contributed by atoms with van der Waals surface area (Å²) in [5.41, 5.74) is 1.50. The summed E-state index contributed by atoms with van der Waals surface area (Å²) in [4.78, 5) is 7.35. The zero-order valence-corrected chi connectivity index (χ0v) is 9.48. The van der Waals surface area contributed by atoms with Gasteiger partial charge in [-0.25, -0.2) is 8.96 Å². The molecule has 82 valence electrons. The highest BCUT2D eigenvalue weighted by molar-refractivity contribution is 7.92. The van der Waals surface area contributed by atoms with Gasteiger partial charge in [0.25, 0.3) is 0 Å². The van der Waals surface area contributed by atoms with Crippen LogP contribution in [0.3, 0.4) is 0 Å². The maximum Gasteiger partial charge on any atom is 0.233 e. The highest BCUT2D eigenvalue weighted by atomic mass is 32.2. The summed E-state index contributed by atoms with van der Waals surface area (Å²) in [6.45, 7) is 5.77. The van der Waals surface area contributed by atoms with Crippen LogP contribution >= 0.6 is 12.3 Å². The van der Waals surface area contributed by atoms with E-state index in [1.165, 1.54) is 6.20 Å². The number of halogens is 2. The summed E-state index contributed by atoms with van der Waals surface area (Å²) in [7, 11) is 0. The van der Waals surface area contributed by atoms with Gasteiger partial charge < -0.3 is 0 Å². The first-order valence-electron chi connectivity index (χ1n) is 4.51. The van der Waals surface area contributed by atoms with E-state index in [9.17, 15) is 8.28 Å². The van der Waals surface area contributed by atoms with Crippen LogP contribution < -0.4 is 0 Å². The third-order valence-corrected chi connectivity index (χ3v) is 2.12. The molecule has 0 aliphatic heterocycles. The van der Waals surface area contributed by atoms with Crippen molar-refractivity contribution in [3.05, 3.63) is 23.9 Å². The van der Waals surface area contributed by atoms with E-state index in [0.717, 1.165) is 15.7 Å². The fourth-order valence-electron chi connectivity index (χ4n) is 1.14. The Morgan fingerprint density at radius 2 is 2.07 bits per heavy atom. The van der Waals surface area contributed by atoms with E-state index in [2.05, 4.69) is 9.97 Å². The molecule has 2 rings (SSSR count). The Hall–Kier alpha value is -1.17. The lowest BCUT2D eigenvalue weighted by atomic mass is 10.3. The lowest BCUT2D eigenvalue weighted by Gasteiger charge is -1.93. The quantitative estimate of drug-likeness (QED) is 0.754. The monoisotopic (exact) mass is 231 g/mol. The minimum atomic E-state index is -0.707. The predicted molar refractivity (Wildman–Crippen MR) is 57.7 cm³/mol. The molecule has 0 N–H and O–H groups in total. The molecule has 0 spiro atoms. The van der Waals surface area contributed by atoms with Crippen LogP contribution in [-0.4, -0.2) is 13.9 Å². The second kappa shape index (κ2) is 5.06. The fourth-order valence-corrected chi connectivity index (χ4v) is 1.53. The van der Waals surface area contributed by atoms with Crippen molar-refractivity contribution in [3.63, 3.8) is 0 Å². The van der Waals surface area contributed by atoms with Gasteiger partial charge in [-0.15, -0.1) is 3.89 Å². The van der Waals surface area contributed by atoms with Gasteiger partial charge in [0, 0.05) is 6.20 Å². The molecule has 0 saturated heterocycles. The first-order chi connectivity index (χ1) is 7.22. The standard InChI is InChI=1S/C7H5F2N3S.C2H6/c1-4-3-12(13-9)7-6(4)10-2-5(8)11-7;1-2/h2-3H,1H3;1-2H3. The van der Waals surface area contributed by atoms with Gasteiger partial charge in [-0.3, -0.25) is 0 Å². The molecule has 0 aliphatic carbocycles. The summed E-state index contributed by atoms with van der Waals surface area (Å²) in [6.07, 6.45) is 2.54. The molecule has 15 heavy (non-hydrogen) atoms. The van der Waals surface area contributed by atoms with Crippen molar-refractivity contribution in [1.29, 1.82) is 0 Å². The number of hydrogen-bond donors (Lipinski definition) is 0. The number of rotatable bonds is 1. The maximum absolute atomic E-state index is 12.6. The summed E-state index contributed by atoms with van der Waals surface area (Å²) in [5, 5.41) is 0. The van der Waals surface area contributed by atoms with Crippen LogP contribution in [0, 0.1) is 12.9 Å². The largest absolute Gasteiger partial charge is 0.248 e. The fraction of sp³-hybridized carbons (Fsp3) is 0.333. The average molecular weight is 231 g/mol. The third kappa shape index (κ3) is 2.26. The van der Waals surface area contributed by atoms with Crippen LogP contribution in [0.5, 0.6) is 0 Å². The summed E-state index contributed by atoms with van der Waals surface area (Å²) in [6, 6.07) is 0. The highest BCUT2D eigenvalue weighted by Gasteiger charge is 2.09. The minimum Gasteiger partial charge on any atom is -0.248 e. The van der Waals surface area contributed by atoms with Crippen LogP contribution in [0.4, 0.5) is 8.28 Å². The molecule has 0 atom stereocenters. The second-order valence-electron chi connectivity index (χ2n) is 2.57.